The zero-order valence-corrected chi connectivity index (χ0v) is 10.0. The van der Waals surface area contributed by atoms with E-state index in [0.29, 0.717) is 11.2 Å². The van der Waals surface area contributed by atoms with E-state index in [0.717, 1.165) is 11.6 Å². The maximum absolute atomic E-state index is 11.8. The van der Waals surface area contributed by atoms with E-state index in [2.05, 4.69) is 0 Å². The SMILES string of the molecule is O=C(CCl)n1c(C=C[N+](=O)[O-])cc2ccccc21. The van der Waals surface area contributed by atoms with Crippen molar-refractivity contribution in [3.8, 4) is 0 Å². The molecule has 0 aliphatic carbocycles. The lowest BCUT2D eigenvalue weighted by Crippen LogP contribution is -2.13. The molecule has 18 heavy (non-hydrogen) atoms. The first-order chi connectivity index (χ1) is 8.63. The highest BCUT2D eigenvalue weighted by molar-refractivity contribution is 6.28. The van der Waals surface area contributed by atoms with Crippen molar-refractivity contribution in [1.82, 2.24) is 4.57 Å². The van der Waals surface area contributed by atoms with Crippen LogP contribution in [-0.4, -0.2) is 21.3 Å². The molecule has 0 spiro atoms. The number of para-hydroxylation sites is 1. The highest BCUT2D eigenvalue weighted by atomic mass is 35.5. The Hall–Kier alpha value is -2.14. The summed E-state index contributed by atoms with van der Waals surface area (Å²) in [4.78, 5) is 21.5. The molecule has 0 amide bonds. The van der Waals surface area contributed by atoms with Gasteiger partial charge >= 0.3 is 0 Å². The smallest absolute Gasteiger partial charge is 0.246 e. The Balaban J connectivity index is 2.64. The van der Waals surface area contributed by atoms with Gasteiger partial charge in [0, 0.05) is 11.5 Å². The van der Waals surface area contributed by atoms with Crippen LogP contribution in [0.4, 0.5) is 0 Å². The zero-order chi connectivity index (χ0) is 13.1. The van der Waals surface area contributed by atoms with Gasteiger partial charge in [-0.05, 0) is 12.1 Å². The van der Waals surface area contributed by atoms with Crippen molar-refractivity contribution in [2.75, 3.05) is 5.88 Å². The standard InChI is InChI=1S/C12H9ClN2O3/c13-8-12(16)15-10(5-6-14(17)18)7-9-3-1-2-4-11(9)15/h1-7H,8H2. The van der Waals surface area contributed by atoms with E-state index in [1.54, 1.807) is 18.2 Å². The van der Waals surface area contributed by atoms with Gasteiger partial charge < -0.3 is 0 Å². The number of hydrogen-bond acceptors (Lipinski definition) is 3. The van der Waals surface area contributed by atoms with E-state index in [1.165, 1.54) is 10.6 Å². The minimum absolute atomic E-state index is 0.183. The van der Waals surface area contributed by atoms with E-state index in [1.807, 2.05) is 12.1 Å². The normalized spacial score (nSPS) is 11.2. The minimum atomic E-state index is -0.576. The van der Waals surface area contributed by atoms with Gasteiger partial charge in [-0.3, -0.25) is 19.5 Å². The van der Waals surface area contributed by atoms with Crippen molar-refractivity contribution in [2.45, 2.75) is 0 Å². The molecule has 0 atom stereocenters. The molecule has 0 N–H and O–H groups in total. The van der Waals surface area contributed by atoms with Gasteiger partial charge in [-0.1, -0.05) is 18.2 Å². The molecule has 5 nitrogen and oxygen atoms in total. The minimum Gasteiger partial charge on any atom is -0.279 e. The molecule has 1 heterocycles. The van der Waals surface area contributed by atoms with Crippen LogP contribution < -0.4 is 0 Å². The lowest BCUT2D eigenvalue weighted by molar-refractivity contribution is -0.401. The number of hydrogen-bond donors (Lipinski definition) is 0. The Morgan fingerprint density at radius 2 is 2.17 bits per heavy atom. The molecule has 1 aromatic carbocycles. The fourth-order valence-electron chi connectivity index (χ4n) is 1.77. The summed E-state index contributed by atoms with van der Waals surface area (Å²) < 4.78 is 1.38. The molecule has 2 rings (SSSR count). The number of rotatable bonds is 3. The molecule has 0 unspecified atom stereocenters. The van der Waals surface area contributed by atoms with Crippen molar-refractivity contribution in [3.63, 3.8) is 0 Å². The van der Waals surface area contributed by atoms with E-state index in [9.17, 15) is 14.9 Å². The largest absolute Gasteiger partial charge is 0.279 e. The second-order valence-corrected chi connectivity index (χ2v) is 3.86. The maximum Gasteiger partial charge on any atom is 0.246 e. The molecule has 0 saturated carbocycles. The van der Waals surface area contributed by atoms with Gasteiger partial charge in [-0.15, -0.1) is 11.6 Å². The lowest BCUT2D eigenvalue weighted by atomic mass is 10.2. The Morgan fingerprint density at radius 3 is 2.83 bits per heavy atom. The first kappa shape index (κ1) is 12.3. The quantitative estimate of drug-likeness (QED) is 0.486. The molecule has 92 valence electrons. The van der Waals surface area contributed by atoms with Crippen molar-refractivity contribution in [1.29, 1.82) is 0 Å². The number of nitro groups is 1. The van der Waals surface area contributed by atoms with E-state index in [-0.39, 0.29) is 11.8 Å². The summed E-state index contributed by atoms with van der Waals surface area (Å²) in [6.45, 7) is 0. The predicted molar refractivity (Wildman–Crippen MR) is 69.3 cm³/mol. The number of aromatic nitrogens is 1. The Labute approximate surface area is 107 Å². The number of carbonyl (C=O) groups is 1. The molecule has 6 heteroatoms. The van der Waals surface area contributed by atoms with Gasteiger partial charge in [0.15, 0.2) is 0 Å². The topological polar surface area (TPSA) is 65.1 Å². The summed E-state index contributed by atoms with van der Waals surface area (Å²) in [6.07, 6.45) is 2.08. The van der Waals surface area contributed by atoms with E-state index in [4.69, 9.17) is 11.6 Å². The van der Waals surface area contributed by atoms with Gasteiger partial charge in [0.1, 0.15) is 5.88 Å². The third-order valence-corrected chi connectivity index (χ3v) is 2.70. The zero-order valence-electron chi connectivity index (χ0n) is 9.25. The number of halogens is 1. The highest BCUT2D eigenvalue weighted by Crippen LogP contribution is 2.21. The number of fused-ring (bicyclic) bond motifs is 1. The summed E-state index contributed by atoms with van der Waals surface area (Å²) in [5.41, 5.74) is 1.13. The van der Waals surface area contributed by atoms with Gasteiger partial charge in [-0.2, -0.15) is 0 Å². The summed E-state index contributed by atoms with van der Waals surface area (Å²) in [6, 6.07) is 8.93. The average Bonchev–Trinajstić information content (AvgIpc) is 2.73. The van der Waals surface area contributed by atoms with Gasteiger partial charge in [0.05, 0.1) is 16.1 Å². The van der Waals surface area contributed by atoms with Gasteiger partial charge in [0.25, 0.3) is 0 Å². The Morgan fingerprint density at radius 1 is 1.44 bits per heavy atom. The molecular formula is C12H9ClN2O3. The molecule has 1 aromatic heterocycles. The molecule has 0 radical (unpaired) electrons. The Kier molecular flexibility index (Phi) is 3.43. The third kappa shape index (κ3) is 2.26. The Bertz CT molecular complexity index is 646. The lowest BCUT2D eigenvalue weighted by Gasteiger charge is -2.03. The highest BCUT2D eigenvalue weighted by Gasteiger charge is 2.12. The number of benzene rings is 1. The summed E-state index contributed by atoms with van der Waals surface area (Å²) in [5, 5.41) is 11.2. The van der Waals surface area contributed by atoms with Crippen LogP contribution in [-0.2, 0) is 0 Å². The van der Waals surface area contributed by atoms with Gasteiger partial charge in [-0.25, -0.2) is 0 Å². The van der Waals surface area contributed by atoms with Crippen molar-refractivity contribution in [2.24, 2.45) is 0 Å². The maximum atomic E-state index is 11.8. The molecule has 2 aromatic rings. The second-order valence-electron chi connectivity index (χ2n) is 3.59. The molecule has 0 bridgehead atoms. The first-order valence-electron chi connectivity index (χ1n) is 5.15. The average molecular weight is 265 g/mol. The van der Waals surface area contributed by atoms with E-state index < -0.39 is 4.92 Å². The summed E-state index contributed by atoms with van der Waals surface area (Å²) in [5.74, 6) is -0.501. The van der Waals surface area contributed by atoms with Crippen LogP contribution in [0.1, 0.15) is 10.5 Å². The van der Waals surface area contributed by atoms with Crippen LogP contribution in [0.3, 0.4) is 0 Å². The van der Waals surface area contributed by atoms with Crippen LogP contribution in [0.25, 0.3) is 17.0 Å². The fraction of sp³-hybridized carbons (Fsp3) is 0.0833. The third-order valence-electron chi connectivity index (χ3n) is 2.47. The van der Waals surface area contributed by atoms with Crippen LogP contribution in [0.5, 0.6) is 0 Å². The molecule has 0 fully saturated rings. The summed E-state index contributed by atoms with van der Waals surface area (Å²) >= 11 is 5.55. The second kappa shape index (κ2) is 5.01. The van der Waals surface area contributed by atoms with Crippen LogP contribution in [0.15, 0.2) is 36.5 Å². The number of nitrogens with zero attached hydrogens (tertiary/aromatic N) is 2. The number of carbonyl (C=O) groups excluding carboxylic acids is 1. The molecule has 0 aliphatic rings. The predicted octanol–water partition coefficient (Wildman–Crippen LogP) is 2.77. The summed E-state index contributed by atoms with van der Waals surface area (Å²) in [7, 11) is 0. The fourth-order valence-corrected chi connectivity index (χ4v) is 1.89. The first-order valence-corrected chi connectivity index (χ1v) is 5.68. The molecule has 0 aliphatic heterocycles. The molecule has 0 saturated heterocycles. The van der Waals surface area contributed by atoms with Crippen molar-refractivity contribution < 1.29 is 9.72 Å². The van der Waals surface area contributed by atoms with Crippen molar-refractivity contribution in [3.05, 3.63) is 52.3 Å². The van der Waals surface area contributed by atoms with E-state index >= 15 is 0 Å². The monoisotopic (exact) mass is 264 g/mol. The van der Waals surface area contributed by atoms with Crippen LogP contribution in [0.2, 0.25) is 0 Å². The van der Waals surface area contributed by atoms with Crippen LogP contribution in [0, 0.1) is 10.1 Å². The van der Waals surface area contributed by atoms with Gasteiger partial charge in [0.2, 0.25) is 12.1 Å². The number of alkyl halides is 1. The van der Waals surface area contributed by atoms with Crippen LogP contribution >= 0.6 is 11.6 Å². The molecular weight excluding hydrogens is 256 g/mol. The van der Waals surface area contributed by atoms with Crippen molar-refractivity contribution >= 4 is 34.5 Å².